The molecule has 0 bridgehead atoms. The summed E-state index contributed by atoms with van der Waals surface area (Å²) in [4.78, 5) is 14.3. The number of ether oxygens (including phenoxy) is 2. The van der Waals surface area contributed by atoms with E-state index in [-0.39, 0.29) is 11.5 Å². The van der Waals surface area contributed by atoms with E-state index in [2.05, 4.69) is 15.5 Å². The molecule has 2 aromatic rings. The fraction of sp³-hybridized carbons (Fsp3) is 0.200. The minimum absolute atomic E-state index is 0.0350. The van der Waals surface area contributed by atoms with Crippen LogP contribution in [0.3, 0.4) is 0 Å². The lowest BCUT2D eigenvalue weighted by molar-refractivity contribution is -0.384. The van der Waals surface area contributed by atoms with Crippen LogP contribution in [-0.4, -0.2) is 29.8 Å². The zero-order valence-electron chi connectivity index (χ0n) is 13.0. The molecule has 0 saturated heterocycles. The second-order valence-corrected chi connectivity index (χ2v) is 4.86. The summed E-state index contributed by atoms with van der Waals surface area (Å²) in [5, 5.41) is 15.3. The van der Waals surface area contributed by atoms with Gasteiger partial charge < -0.3 is 9.47 Å². The Morgan fingerprint density at radius 3 is 2.92 bits per heavy atom. The van der Waals surface area contributed by atoms with Gasteiger partial charge in [0.1, 0.15) is 0 Å². The van der Waals surface area contributed by atoms with E-state index >= 15 is 0 Å². The van der Waals surface area contributed by atoms with Crippen molar-refractivity contribution in [2.24, 2.45) is 5.10 Å². The van der Waals surface area contributed by atoms with Gasteiger partial charge >= 0.3 is 5.69 Å². The molecule has 126 valence electrons. The molecular weight excluding hydrogens is 336 g/mol. The molecule has 0 aliphatic carbocycles. The molecule has 24 heavy (non-hydrogen) atoms. The Labute approximate surface area is 143 Å². The average Bonchev–Trinajstić information content (AvgIpc) is 2.57. The number of pyridine rings is 1. The van der Waals surface area contributed by atoms with Crippen LogP contribution in [0.5, 0.6) is 11.5 Å². The maximum atomic E-state index is 10.9. The number of rotatable bonds is 7. The number of anilines is 1. The lowest BCUT2D eigenvalue weighted by Gasteiger charge is -2.11. The summed E-state index contributed by atoms with van der Waals surface area (Å²) in [6, 6.07) is 6.08. The molecule has 0 radical (unpaired) electrons. The second kappa shape index (κ2) is 8.11. The van der Waals surface area contributed by atoms with E-state index in [1.54, 1.807) is 12.1 Å². The van der Waals surface area contributed by atoms with Crippen molar-refractivity contribution in [3.05, 3.63) is 51.2 Å². The summed E-state index contributed by atoms with van der Waals surface area (Å²) >= 11 is 6.18. The van der Waals surface area contributed by atoms with Crippen molar-refractivity contribution < 1.29 is 14.4 Å². The van der Waals surface area contributed by atoms with Crippen LogP contribution in [0.4, 0.5) is 11.5 Å². The van der Waals surface area contributed by atoms with Gasteiger partial charge in [0.05, 0.1) is 29.9 Å². The first-order valence-electron chi connectivity index (χ1n) is 6.95. The molecule has 1 aromatic carbocycles. The summed E-state index contributed by atoms with van der Waals surface area (Å²) in [7, 11) is 1.52. The molecule has 0 atom stereocenters. The molecule has 1 N–H and O–H groups in total. The molecule has 0 amide bonds. The molecule has 8 nitrogen and oxygen atoms in total. The van der Waals surface area contributed by atoms with E-state index in [0.717, 1.165) is 0 Å². The van der Waals surface area contributed by atoms with Crippen LogP contribution in [0, 0.1) is 10.1 Å². The number of halogens is 1. The van der Waals surface area contributed by atoms with Crippen molar-refractivity contribution in [3.8, 4) is 11.5 Å². The fourth-order valence-electron chi connectivity index (χ4n) is 1.87. The SMILES string of the molecule is CCOc1cc(Cl)c(/C=N\Nc2ncccc2[N+](=O)[O-])cc1OC. The summed E-state index contributed by atoms with van der Waals surface area (Å²) < 4.78 is 10.7. The molecular formula is C15H15ClN4O4. The van der Waals surface area contributed by atoms with Gasteiger partial charge in [-0.1, -0.05) is 11.6 Å². The highest BCUT2D eigenvalue weighted by Gasteiger charge is 2.13. The molecule has 0 fully saturated rings. The predicted octanol–water partition coefficient (Wildman–Crippen LogP) is 3.50. The molecule has 1 aromatic heterocycles. The van der Waals surface area contributed by atoms with Crippen LogP contribution in [0.2, 0.25) is 5.02 Å². The quantitative estimate of drug-likeness (QED) is 0.466. The Bertz CT molecular complexity index is 767. The number of nitro groups is 1. The third-order valence-electron chi connectivity index (χ3n) is 2.94. The number of methoxy groups -OCH3 is 1. The van der Waals surface area contributed by atoms with E-state index in [4.69, 9.17) is 21.1 Å². The van der Waals surface area contributed by atoms with E-state index in [1.807, 2.05) is 6.92 Å². The van der Waals surface area contributed by atoms with Crippen molar-refractivity contribution in [1.29, 1.82) is 0 Å². The van der Waals surface area contributed by atoms with Crippen molar-refractivity contribution >= 4 is 29.3 Å². The summed E-state index contributed by atoms with van der Waals surface area (Å²) in [5.74, 6) is 1.06. The lowest BCUT2D eigenvalue weighted by Crippen LogP contribution is -2.00. The zero-order chi connectivity index (χ0) is 17.5. The molecule has 0 aliphatic heterocycles. The van der Waals surface area contributed by atoms with E-state index < -0.39 is 4.92 Å². The number of hydrazone groups is 1. The normalized spacial score (nSPS) is 10.6. The lowest BCUT2D eigenvalue weighted by atomic mass is 10.2. The average molecular weight is 351 g/mol. The number of nitrogens with zero attached hydrogens (tertiary/aromatic N) is 3. The summed E-state index contributed by atoms with van der Waals surface area (Å²) in [5.41, 5.74) is 2.92. The maximum Gasteiger partial charge on any atom is 0.313 e. The molecule has 2 rings (SSSR count). The summed E-state index contributed by atoms with van der Waals surface area (Å²) in [6.07, 6.45) is 2.84. The van der Waals surface area contributed by atoms with Crippen LogP contribution >= 0.6 is 11.6 Å². The number of hydrogen-bond acceptors (Lipinski definition) is 7. The van der Waals surface area contributed by atoms with Gasteiger partial charge in [0.15, 0.2) is 11.5 Å². The van der Waals surface area contributed by atoms with Crippen LogP contribution in [0.25, 0.3) is 0 Å². The minimum Gasteiger partial charge on any atom is -0.493 e. The third-order valence-corrected chi connectivity index (χ3v) is 3.27. The van der Waals surface area contributed by atoms with Gasteiger partial charge in [-0.25, -0.2) is 4.98 Å². The highest BCUT2D eigenvalue weighted by Crippen LogP contribution is 2.32. The number of aromatic nitrogens is 1. The van der Waals surface area contributed by atoms with Gasteiger partial charge in [-0.05, 0) is 19.1 Å². The molecule has 0 spiro atoms. The van der Waals surface area contributed by atoms with Crippen LogP contribution in [0.15, 0.2) is 35.6 Å². The highest BCUT2D eigenvalue weighted by atomic mass is 35.5. The van der Waals surface area contributed by atoms with E-state index in [9.17, 15) is 10.1 Å². The van der Waals surface area contributed by atoms with Gasteiger partial charge in [0.2, 0.25) is 5.82 Å². The van der Waals surface area contributed by atoms with E-state index in [1.165, 1.54) is 31.7 Å². The second-order valence-electron chi connectivity index (χ2n) is 4.46. The Hall–Kier alpha value is -2.87. The Balaban J connectivity index is 2.22. The molecule has 1 heterocycles. The predicted molar refractivity (Wildman–Crippen MR) is 91.3 cm³/mol. The first-order valence-corrected chi connectivity index (χ1v) is 7.33. The zero-order valence-corrected chi connectivity index (χ0v) is 13.8. The fourth-order valence-corrected chi connectivity index (χ4v) is 2.07. The standard InChI is InChI=1S/C15H15ClN4O4/c1-3-24-14-8-11(16)10(7-13(14)23-2)9-18-19-15-12(20(21)22)5-4-6-17-15/h4-9H,3H2,1-2H3,(H,17,19)/b18-9-. The van der Waals surface area contributed by atoms with Crippen LogP contribution in [-0.2, 0) is 0 Å². The van der Waals surface area contributed by atoms with Gasteiger partial charge in [-0.3, -0.25) is 15.5 Å². The van der Waals surface area contributed by atoms with E-state index in [0.29, 0.717) is 28.7 Å². The Kier molecular flexibility index (Phi) is 5.91. The van der Waals surface area contributed by atoms with Gasteiger partial charge in [-0.15, -0.1) is 0 Å². The van der Waals surface area contributed by atoms with Crippen molar-refractivity contribution in [2.45, 2.75) is 6.92 Å². The smallest absolute Gasteiger partial charge is 0.313 e. The molecule has 0 unspecified atom stereocenters. The van der Waals surface area contributed by atoms with Crippen LogP contribution in [0.1, 0.15) is 12.5 Å². The molecule has 0 saturated carbocycles. The third kappa shape index (κ3) is 4.11. The Morgan fingerprint density at radius 1 is 1.46 bits per heavy atom. The van der Waals surface area contributed by atoms with Gasteiger partial charge in [0, 0.05) is 23.9 Å². The number of hydrogen-bond donors (Lipinski definition) is 1. The summed E-state index contributed by atoms with van der Waals surface area (Å²) in [6.45, 7) is 2.33. The minimum atomic E-state index is -0.544. The highest BCUT2D eigenvalue weighted by molar-refractivity contribution is 6.33. The first kappa shape index (κ1) is 17.5. The van der Waals surface area contributed by atoms with Crippen molar-refractivity contribution in [1.82, 2.24) is 4.98 Å². The number of nitrogens with one attached hydrogen (secondary N) is 1. The van der Waals surface area contributed by atoms with Gasteiger partial charge in [-0.2, -0.15) is 5.10 Å². The van der Waals surface area contributed by atoms with Gasteiger partial charge in [0.25, 0.3) is 0 Å². The van der Waals surface area contributed by atoms with Crippen molar-refractivity contribution in [3.63, 3.8) is 0 Å². The first-order chi connectivity index (χ1) is 11.6. The maximum absolute atomic E-state index is 10.9. The largest absolute Gasteiger partial charge is 0.493 e. The Morgan fingerprint density at radius 2 is 2.25 bits per heavy atom. The molecule has 9 heteroatoms. The number of benzene rings is 1. The van der Waals surface area contributed by atoms with Crippen LogP contribution < -0.4 is 14.9 Å². The monoisotopic (exact) mass is 350 g/mol. The van der Waals surface area contributed by atoms with Crippen molar-refractivity contribution in [2.75, 3.05) is 19.1 Å². The molecule has 0 aliphatic rings. The topological polar surface area (TPSA) is 98.9 Å².